The number of carbonyl (C=O) groups excluding carboxylic acids is 1. The molecule has 1 amide bonds. The summed E-state index contributed by atoms with van der Waals surface area (Å²) < 4.78 is 1.08. The molecule has 6 nitrogen and oxygen atoms in total. The first-order valence-electron chi connectivity index (χ1n) is 7.96. The second-order valence-electron chi connectivity index (χ2n) is 5.80. The minimum Gasteiger partial charge on any atom is -0.362 e. The number of aryl methyl sites for hydroxylation is 1. The van der Waals surface area contributed by atoms with Crippen LogP contribution in [0.2, 0.25) is 0 Å². The van der Waals surface area contributed by atoms with E-state index in [4.69, 9.17) is 0 Å². The second-order valence-corrected chi connectivity index (χ2v) is 6.92. The van der Waals surface area contributed by atoms with Crippen LogP contribution in [-0.4, -0.2) is 45.1 Å². The second kappa shape index (κ2) is 6.16. The van der Waals surface area contributed by atoms with E-state index >= 15 is 0 Å². The van der Waals surface area contributed by atoms with Crippen molar-refractivity contribution < 1.29 is 4.79 Å². The number of amides is 1. The zero-order valence-electron chi connectivity index (χ0n) is 13.3. The van der Waals surface area contributed by atoms with Crippen molar-refractivity contribution in [1.82, 2.24) is 20.1 Å². The number of hydrogen-bond donors (Lipinski definition) is 1. The first-order valence-corrected chi connectivity index (χ1v) is 8.77. The van der Waals surface area contributed by atoms with Crippen molar-refractivity contribution in [1.29, 1.82) is 0 Å². The van der Waals surface area contributed by atoms with Crippen LogP contribution >= 0.6 is 11.3 Å². The van der Waals surface area contributed by atoms with Gasteiger partial charge < -0.3 is 10.2 Å². The van der Waals surface area contributed by atoms with Crippen LogP contribution in [0, 0.1) is 0 Å². The highest BCUT2D eigenvalue weighted by Gasteiger charge is 2.31. The molecule has 0 saturated carbocycles. The Bertz CT molecular complexity index is 873. The van der Waals surface area contributed by atoms with Crippen molar-refractivity contribution in [2.75, 3.05) is 18.4 Å². The Morgan fingerprint density at radius 3 is 3.00 bits per heavy atom. The Labute approximate surface area is 143 Å². The highest BCUT2D eigenvalue weighted by atomic mass is 32.1. The Hall–Kier alpha value is -2.54. The van der Waals surface area contributed by atoms with E-state index in [1.165, 1.54) is 0 Å². The summed E-state index contributed by atoms with van der Waals surface area (Å²) >= 11 is 1.66. The normalized spacial score (nSPS) is 14.6. The van der Waals surface area contributed by atoms with Crippen molar-refractivity contribution in [3.63, 3.8) is 0 Å². The predicted octanol–water partition coefficient (Wildman–Crippen LogP) is 2.59. The van der Waals surface area contributed by atoms with E-state index in [2.05, 4.69) is 27.4 Å². The molecule has 0 unspecified atom stereocenters. The van der Waals surface area contributed by atoms with Gasteiger partial charge in [0.05, 0.1) is 21.3 Å². The molecule has 122 valence electrons. The minimum atomic E-state index is 0.0699. The smallest absolute Gasteiger partial charge is 0.254 e. The van der Waals surface area contributed by atoms with E-state index < -0.39 is 0 Å². The average Bonchev–Trinajstić information content (AvgIpc) is 3.00. The number of nitrogens with zero attached hydrogens (tertiary/aromatic N) is 4. The third kappa shape index (κ3) is 2.82. The van der Waals surface area contributed by atoms with Gasteiger partial charge in [0.2, 0.25) is 0 Å². The van der Waals surface area contributed by atoms with Crippen molar-refractivity contribution >= 4 is 33.3 Å². The molecule has 2 aromatic heterocycles. The SMILES string of the molecule is CCc1nc2ccc(C(=O)N3CC(Nc4cccnn4)C3)cc2s1. The fourth-order valence-corrected chi connectivity index (χ4v) is 3.71. The van der Waals surface area contributed by atoms with E-state index in [1.54, 1.807) is 17.5 Å². The average molecular weight is 339 g/mol. The highest BCUT2D eigenvalue weighted by molar-refractivity contribution is 7.18. The number of nitrogens with one attached hydrogen (secondary N) is 1. The zero-order chi connectivity index (χ0) is 16.5. The molecule has 1 saturated heterocycles. The highest BCUT2D eigenvalue weighted by Crippen LogP contribution is 2.25. The van der Waals surface area contributed by atoms with Crippen LogP contribution < -0.4 is 5.32 Å². The van der Waals surface area contributed by atoms with Crippen LogP contribution in [0.4, 0.5) is 5.82 Å². The lowest BCUT2D eigenvalue weighted by molar-refractivity contribution is 0.0625. The number of rotatable bonds is 4. The minimum absolute atomic E-state index is 0.0699. The maximum absolute atomic E-state index is 12.6. The number of likely N-dealkylation sites (tertiary alicyclic amines) is 1. The zero-order valence-corrected chi connectivity index (χ0v) is 14.1. The van der Waals surface area contributed by atoms with Gasteiger partial charge >= 0.3 is 0 Å². The van der Waals surface area contributed by atoms with Gasteiger partial charge in [0.15, 0.2) is 0 Å². The number of hydrogen-bond acceptors (Lipinski definition) is 6. The van der Waals surface area contributed by atoms with E-state index in [9.17, 15) is 4.79 Å². The van der Waals surface area contributed by atoms with E-state index in [0.717, 1.165) is 33.0 Å². The van der Waals surface area contributed by atoms with E-state index in [-0.39, 0.29) is 11.9 Å². The predicted molar refractivity (Wildman–Crippen MR) is 94.3 cm³/mol. The summed E-state index contributed by atoms with van der Waals surface area (Å²) in [5, 5.41) is 12.2. The fraction of sp³-hybridized carbons (Fsp3) is 0.294. The molecule has 24 heavy (non-hydrogen) atoms. The molecule has 0 bridgehead atoms. The third-order valence-corrected chi connectivity index (χ3v) is 5.24. The number of thiazole rings is 1. The fourth-order valence-electron chi connectivity index (χ4n) is 2.76. The van der Waals surface area contributed by atoms with Crippen LogP contribution in [0.15, 0.2) is 36.5 Å². The largest absolute Gasteiger partial charge is 0.362 e. The molecule has 4 rings (SSSR count). The monoisotopic (exact) mass is 339 g/mol. The molecule has 1 aliphatic rings. The number of anilines is 1. The molecule has 1 N–H and O–H groups in total. The molecule has 1 fully saturated rings. The third-order valence-electron chi connectivity index (χ3n) is 4.08. The van der Waals surface area contributed by atoms with Gasteiger partial charge in [0.1, 0.15) is 5.82 Å². The Balaban J connectivity index is 1.42. The van der Waals surface area contributed by atoms with Crippen molar-refractivity contribution in [2.45, 2.75) is 19.4 Å². The van der Waals surface area contributed by atoms with Gasteiger partial charge in [-0.15, -0.1) is 16.4 Å². The molecule has 0 atom stereocenters. The Morgan fingerprint density at radius 1 is 1.38 bits per heavy atom. The Kier molecular flexibility index (Phi) is 3.86. The molecule has 7 heteroatoms. The molecule has 0 radical (unpaired) electrons. The number of benzene rings is 1. The molecule has 3 heterocycles. The van der Waals surface area contributed by atoms with Gasteiger partial charge in [-0.05, 0) is 36.8 Å². The lowest BCUT2D eigenvalue weighted by Crippen LogP contribution is -2.57. The van der Waals surface area contributed by atoms with Gasteiger partial charge in [-0.1, -0.05) is 6.92 Å². The van der Waals surface area contributed by atoms with Crippen LogP contribution in [0.5, 0.6) is 0 Å². The lowest BCUT2D eigenvalue weighted by atomic mass is 10.1. The van der Waals surface area contributed by atoms with E-state index in [1.807, 2.05) is 35.2 Å². The number of fused-ring (bicyclic) bond motifs is 1. The number of carbonyl (C=O) groups is 1. The van der Waals surface area contributed by atoms with E-state index in [0.29, 0.717) is 13.1 Å². The number of aromatic nitrogens is 3. The summed E-state index contributed by atoms with van der Waals surface area (Å²) in [6, 6.07) is 9.70. The maximum Gasteiger partial charge on any atom is 0.254 e. The van der Waals surface area contributed by atoms with Gasteiger partial charge in [0.25, 0.3) is 5.91 Å². The van der Waals surface area contributed by atoms with Crippen molar-refractivity contribution in [2.24, 2.45) is 0 Å². The Morgan fingerprint density at radius 2 is 2.25 bits per heavy atom. The van der Waals surface area contributed by atoms with Gasteiger partial charge in [-0.25, -0.2) is 4.98 Å². The standard InChI is InChI=1S/C17H17N5OS/c1-2-16-20-13-6-5-11(8-14(13)24-16)17(23)22-9-12(10-22)19-15-4-3-7-18-21-15/h3-8,12H,2,9-10H2,1H3,(H,19,21). The maximum atomic E-state index is 12.6. The molecule has 0 aliphatic carbocycles. The van der Waals surface area contributed by atoms with Crippen LogP contribution in [-0.2, 0) is 6.42 Å². The molecule has 0 spiro atoms. The quantitative estimate of drug-likeness (QED) is 0.791. The van der Waals surface area contributed by atoms with Crippen molar-refractivity contribution in [3.05, 3.63) is 47.1 Å². The summed E-state index contributed by atoms with van der Waals surface area (Å²) in [4.78, 5) is 19.0. The van der Waals surface area contributed by atoms with Crippen LogP contribution in [0.25, 0.3) is 10.2 Å². The molecular weight excluding hydrogens is 322 g/mol. The summed E-state index contributed by atoms with van der Waals surface area (Å²) in [5.41, 5.74) is 1.70. The molecule has 1 aromatic carbocycles. The van der Waals surface area contributed by atoms with Crippen molar-refractivity contribution in [3.8, 4) is 0 Å². The molecular formula is C17H17N5OS. The summed E-state index contributed by atoms with van der Waals surface area (Å²) in [6.45, 7) is 3.45. The van der Waals surface area contributed by atoms with Gasteiger partial charge in [0, 0.05) is 24.8 Å². The first kappa shape index (κ1) is 15.0. The van der Waals surface area contributed by atoms with Gasteiger partial charge in [-0.2, -0.15) is 5.10 Å². The summed E-state index contributed by atoms with van der Waals surface area (Å²) in [7, 11) is 0. The summed E-state index contributed by atoms with van der Waals surface area (Å²) in [6.07, 6.45) is 2.56. The van der Waals surface area contributed by atoms with Crippen LogP contribution in [0.3, 0.4) is 0 Å². The van der Waals surface area contributed by atoms with Gasteiger partial charge in [-0.3, -0.25) is 4.79 Å². The molecule has 3 aromatic rings. The first-order chi connectivity index (χ1) is 11.7. The summed E-state index contributed by atoms with van der Waals surface area (Å²) in [5.74, 6) is 0.813. The topological polar surface area (TPSA) is 71.0 Å². The lowest BCUT2D eigenvalue weighted by Gasteiger charge is -2.39. The molecule has 1 aliphatic heterocycles. The van der Waals surface area contributed by atoms with Crippen LogP contribution in [0.1, 0.15) is 22.3 Å².